The second-order valence-electron chi connectivity index (χ2n) is 5.32. The van der Waals surface area contributed by atoms with E-state index in [4.69, 9.17) is 4.74 Å². The summed E-state index contributed by atoms with van der Waals surface area (Å²) in [5.74, 6) is 0.580. The van der Waals surface area contributed by atoms with E-state index in [1.807, 2.05) is 30.5 Å². The number of fused-ring (bicyclic) bond motifs is 1. The number of carbonyl (C=O) groups excluding carboxylic acids is 1. The zero-order valence-electron chi connectivity index (χ0n) is 13.3. The minimum absolute atomic E-state index is 0.188. The minimum atomic E-state index is -0.188. The maximum atomic E-state index is 12.5. The molecule has 6 nitrogen and oxygen atoms in total. The van der Waals surface area contributed by atoms with Crippen LogP contribution in [-0.2, 0) is 0 Å². The Balaban J connectivity index is 1.67. The molecule has 0 spiro atoms. The number of anilines is 1. The summed E-state index contributed by atoms with van der Waals surface area (Å²) in [6, 6.07) is 11.2. The van der Waals surface area contributed by atoms with Crippen LogP contribution in [0.4, 0.5) is 5.69 Å². The number of benzene rings is 1. The molecule has 0 aliphatic heterocycles. The SMILES string of the molecule is COc1cccc(-c2cn3c(C(=O)Nc4ccncc4)csc3n2)c1. The van der Waals surface area contributed by atoms with Gasteiger partial charge in [0.15, 0.2) is 4.96 Å². The van der Waals surface area contributed by atoms with Crippen molar-refractivity contribution in [2.75, 3.05) is 12.4 Å². The van der Waals surface area contributed by atoms with Crippen molar-refractivity contribution in [1.29, 1.82) is 0 Å². The van der Waals surface area contributed by atoms with Gasteiger partial charge in [0, 0.05) is 35.2 Å². The molecule has 0 atom stereocenters. The first-order chi connectivity index (χ1) is 12.2. The minimum Gasteiger partial charge on any atom is -0.497 e. The van der Waals surface area contributed by atoms with E-state index in [2.05, 4.69) is 15.3 Å². The van der Waals surface area contributed by atoms with Crippen LogP contribution in [0.5, 0.6) is 5.75 Å². The normalized spacial score (nSPS) is 10.8. The fraction of sp³-hybridized carbons (Fsp3) is 0.0556. The van der Waals surface area contributed by atoms with Gasteiger partial charge in [-0.05, 0) is 24.3 Å². The molecule has 25 heavy (non-hydrogen) atoms. The van der Waals surface area contributed by atoms with Crippen molar-refractivity contribution in [3.05, 3.63) is 66.1 Å². The van der Waals surface area contributed by atoms with Crippen LogP contribution in [0.2, 0.25) is 0 Å². The Hall–Kier alpha value is -3.19. The summed E-state index contributed by atoms with van der Waals surface area (Å²) in [4.78, 5) is 21.8. The second-order valence-corrected chi connectivity index (χ2v) is 6.16. The van der Waals surface area contributed by atoms with Crippen LogP contribution >= 0.6 is 11.3 Å². The number of amides is 1. The van der Waals surface area contributed by atoms with E-state index in [0.717, 1.165) is 22.0 Å². The van der Waals surface area contributed by atoms with Crippen molar-refractivity contribution in [1.82, 2.24) is 14.4 Å². The van der Waals surface area contributed by atoms with Gasteiger partial charge < -0.3 is 10.1 Å². The molecule has 4 rings (SSSR count). The average molecular weight is 350 g/mol. The quantitative estimate of drug-likeness (QED) is 0.609. The third-order valence-corrected chi connectivity index (χ3v) is 4.59. The van der Waals surface area contributed by atoms with Gasteiger partial charge in [-0.3, -0.25) is 14.2 Å². The molecule has 0 aliphatic carbocycles. The lowest BCUT2D eigenvalue weighted by atomic mass is 10.1. The lowest BCUT2D eigenvalue weighted by molar-refractivity contribution is 0.102. The Morgan fingerprint density at radius 2 is 2.08 bits per heavy atom. The van der Waals surface area contributed by atoms with Crippen LogP contribution in [0.3, 0.4) is 0 Å². The molecular weight excluding hydrogens is 336 g/mol. The molecule has 1 amide bonds. The molecule has 7 heteroatoms. The topological polar surface area (TPSA) is 68.5 Å². The summed E-state index contributed by atoms with van der Waals surface area (Å²) >= 11 is 1.43. The number of pyridine rings is 1. The number of nitrogens with zero attached hydrogens (tertiary/aromatic N) is 3. The highest BCUT2D eigenvalue weighted by Gasteiger charge is 2.15. The number of methoxy groups -OCH3 is 1. The van der Waals surface area contributed by atoms with Crippen molar-refractivity contribution < 1.29 is 9.53 Å². The third kappa shape index (κ3) is 2.97. The Morgan fingerprint density at radius 3 is 2.88 bits per heavy atom. The van der Waals surface area contributed by atoms with E-state index in [9.17, 15) is 4.79 Å². The smallest absolute Gasteiger partial charge is 0.273 e. The number of ether oxygens (including phenoxy) is 1. The average Bonchev–Trinajstić information content (AvgIpc) is 3.23. The number of aromatic nitrogens is 3. The first-order valence-electron chi connectivity index (χ1n) is 7.57. The van der Waals surface area contributed by atoms with Crippen molar-refractivity contribution in [3.8, 4) is 17.0 Å². The molecular formula is C18H14N4O2S. The standard InChI is InChI=1S/C18H14N4O2S/c1-24-14-4-2-3-12(9-14)15-10-22-16(11-25-18(22)21-15)17(23)20-13-5-7-19-8-6-13/h2-11H,1H3,(H,19,20,23). The maximum absolute atomic E-state index is 12.5. The molecule has 0 unspecified atom stereocenters. The molecule has 0 aliphatic rings. The summed E-state index contributed by atoms with van der Waals surface area (Å²) in [6.45, 7) is 0. The molecule has 0 saturated carbocycles. The van der Waals surface area contributed by atoms with E-state index >= 15 is 0 Å². The van der Waals surface area contributed by atoms with E-state index in [1.165, 1.54) is 11.3 Å². The predicted molar refractivity (Wildman–Crippen MR) is 97.2 cm³/mol. The van der Waals surface area contributed by atoms with Crippen LogP contribution in [0.25, 0.3) is 16.2 Å². The molecule has 1 aromatic carbocycles. The molecule has 3 aromatic heterocycles. The Labute approximate surface area is 147 Å². The van der Waals surface area contributed by atoms with Crippen molar-refractivity contribution in [3.63, 3.8) is 0 Å². The van der Waals surface area contributed by atoms with Gasteiger partial charge in [0.2, 0.25) is 0 Å². The van der Waals surface area contributed by atoms with Gasteiger partial charge in [-0.15, -0.1) is 11.3 Å². The van der Waals surface area contributed by atoms with Crippen molar-refractivity contribution >= 4 is 27.9 Å². The summed E-state index contributed by atoms with van der Waals surface area (Å²) in [7, 11) is 1.63. The number of thiazole rings is 1. The first-order valence-corrected chi connectivity index (χ1v) is 8.45. The summed E-state index contributed by atoms with van der Waals surface area (Å²) in [5, 5.41) is 4.66. The van der Waals surface area contributed by atoms with Crippen LogP contribution in [0.15, 0.2) is 60.4 Å². The number of imidazole rings is 1. The number of carbonyl (C=O) groups is 1. The zero-order valence-corrected chi connectivity index (χ0v) is 14.2. The van der Waals surface area contributed by atoms with Crippen LogP contribution in [0.1, 0.15) is 10.5 Å². The lowest BCUT2D eigenvalue weighted by Gasteiger charge is -2.03. The van der Waals surface area contributed by atoms with Gasteiger partial charge in [-0.1, -0.05) is 12.1 Å². The molecule has 0 saturated heterocycles. The predicted octanol–water partition coefficient (Wildman–Crippen LogP) is 3.72. The van der Waals surface area contributed by atoms with Crippen molar-refractivity contribution in [2.45, 2.75) is 0 Å². The van der Waals surface area contributed by atoms with Crippen molar-refractivity contribution in [2.24, 2.45) is 0 Å². The summed E-state index contributed by atoms with van der Waals surface area (Å²) < 4.78 is 7.06. The molecule has 0 bridgehead atoms. The third-order valence-electron chi connectivity index (χ3n) is 3.75. The van der Waals surface area contributed by atoms with E-state index in [-0.39, 0.29) is 5.91 Å². The lowest BCUT2D eigenvalue weighted by Crippen LogP contribution is -2.13. The largest absolute Gasteiger partial charge is 0.497 e. The van der Waals surface area contributed by atoms with E-state index < -0.39 is 0 Å². The fourth-order valence-electron chi connectivity index (χ4n) is 2.50. The van der Waals surface area contributed by atoms with Crippen LogP contribution in [-0.4, -0.2) is 27.4 Å². The molecule has 1 N–H and O–H groups in total. The number of rotatable bonds is 4. The first kappa shape index (κ1) is 15.3. The maximum Gasteiger partial charge on any atom is 0.273 e. The number of hydrogen-bond donors (Lipinski definition) is 1. The molecule has 4 aromatic rings. The van der Waals surface area contributed by atoms with Gasteiger partial charge >= 0.3 is 0 Å². The van der Waals surface area contributed by atoms with Gasteiger partial charge in [-0.2, -0.15) is 0 Å². The van der Waals surface area contributed by atoms with Gasteiger partial charge in [0.05, 0.1) is 12.8 Å². The summed E-state index contributed by atoms with van der Waals surface area (Å²) in [5.41, 5.74) is 2.98. The Morgan fingerprint density at radius 1 is 1.24 bits per heavy atom. The van der Waals surface area contributed by atoms with Gasteiger partial charge in [0.25, 0.3) is 5.91 Å². The van der Waals surface area contributed by atoms with E-state index in [1.54, 1.807) is 41.4 Å². The highest BCUT2D eigenvalue weighted by atomic mass is 32.1. The highest BCUT2D eigenvalue weighted by molar-refractivity contribution is 7.15. The number of nitrogens with one attached hydrogen (secondary N) is 1. The van der Waals surface area contributed by atoms with E-state index in [0.29, 0.717) is 11.4 Å². The van der Waals surface area contributed by atoms with Crippen LogP contribution in [0, 0.1) is 0 Å². The highest BCUT2D eigenvalue weighted by Crippen LogP contribution is 2.26. The Kier molecular flexibility index (Phi) is 3.91. The van der Waals surface area contributed by atoms with Gasteiger partial charge in [-0.25, -0.2) is 4.98 Å². The molecule has 124 valence electrons. The fourth-order valence-corrected chi connectivity index (χ4v) is 3.35. The number of hydrogen-bond acceptors (Lipinski definition) is 5. The Bertz CT molecular complexity index is 1040. The molecule has 0 fully saturated rings. The second kappa shape index (κ2) is 6.37. The molecule has 0 radical (unpaired) electrons. The summed E-state index contributed by atoms with van der Waals surface area (Å²) in [6.07, 6.45) is 5.13. The zero-order chi connectivity index (χ0) is 17.2. The monoisotopic (exact) mass is 350 g/mol. The van der Waals surface area contributed by atoms with Crippen LogP contribution < -0.4 is 10.1 Å². The molecule has 3 heterocycles. The van der Waals surface area contributed by atoms with Gasteiger partial charge in [0.1, 0.15) is 11.4 Å².